The van der Waals surface area contributed by atoms with Crippen molar-refractivity contribution in [1.82, 2.24) is 5.32 Å². The van der Waals surface area contributed by atoms with Crippen LogP contribution in [0.2, 0.25) is 0 Å². The van der Waals surface area contributed by atoms with Gasteiger partial charge in [0.25, 0.3) is 0 Å². The Balaban J connectivity index is 1.63. The second kappa shape index (κ2) is 7.92. The van der Waals surface area contributed by atoms with E-state index in [1.54, 1.807) is 0 Å². The van der Waals surface area contributed by atoms with Crippen molar-refractivity contribution in [2.75, 3.05) is 26.4 Å². The molecule has 1 heterocycles. The van der Waals surface area contributed by atoms with E-state index >= 15 is 0 Å². The number of hydrogen-bond donors (Lipinski definition) is 1. The lowest BCUT2D eigenvalue weighted by Crippen LogP contribution is -2.40. The predicted molar refractivity (Wildman–Crippen MR) is 84.3 cm³/mol. The number of ether oxygens (including phenoxy) is 2. The average Bonchev–Trinajstić information content (AvgIpc) is 2.58. The molecule has 116 valence electrons. The molecule has 0 radical (unpaired) electrons. The van der Waals surface area contributed by atoms with Crippen LogP contribution in [0.3, 0.4) is 0 Å². The lowest BCUT2D eigenvalue weighted by Gasteiger charge is -2.33. The fourth-order valence-corrected chi connectivity index (χ4v) is 3.60. The van der Waals surface area contributed by atoms with Gasteiger partial charge in [-0.3, -0.25) is 0 Å². The molecule has 3 rings (SSSR count). The molecule has 1 saturated carbocycles. The fourth-order valence-electron chi connectivity index (χ4n) is 3.60. The average molecular weight is 289 g/mol. The van der Waals surface area contributed by atoms with Crippen molar-refractivity contribution in [3.05, 3.63) is 35.9 Å². The molecule has 0 amide bonds. The summed E-state index contributed by atoms with van der Waals surface area (Å²) in [4.78, 5) is 0. The van der Waals surface area contributed by atoms with Gasteiger partial charge in [0.05, 0.1) is 25.9 Å². The molecule has 2 fully saturated rings. The maximum atomic E-state index is 5.76. The van der Waals surface area contributed by atoms with Crippen LogP contribution in [-0.2, 0) is 9.47 Å². The van der Waals surface area contributed by atoms with Gasteiger partial charge in [-0.15, -0.1) is 0 Å². The summed E-state index contributed by atoms with van der Waals surface area (Å²) in [5.74, 6) is 0.755. The van der Waals surface area contributed by atoms with Crippen LogP contribution in [0.5, 0.6) is 0 Å². The van der Waals surface area contributed by atoms with Crippen LogP contribution in [-0.4, -0.2) is 32.5 Å². The molecule has 0 spiro atoms. The lowest BCUT2D eigenvalue weighted by molar-refractivity contribution is -0.0876. The first-order chi connectivity index (χ1) is 10.4. The summed E-state index contributed by atoms with van der Waals surface area (Å²) in [6.45, 7) is 3.07. The molecule has 1 aromatic rings. The molecule has 2 atom stereocenters. The zero-order chi connectivity index (χ0) is 14.3. The van der Waals surface area contributed by atoms with Gasteiger partial charge in [-0.25, -0.2) is 0 Å². The number of hydrogen-bond acceptors (Lipinski definition) is 3. The fraction of sp³-hybridized carbons (Fsp3) is 0.667. The Labute approximate surface area is 128 Å². The van der Waals surface area contributed by atoms with Crippen molar-refractivity contribution in [3.8, 4) is 0 Å². The van der Waals surface area contributed by atoms with Gasteiger partial charge in [0.1, 0.15) is 0 Å². The Morgan fingerprint density at radius 3 is 2.57 bits per heavy atom. The Bertz CT molecular complexity index is 397. The molecule has 3 heteroatoms. The third kappa shape index (κ3) is 4.29. The topological polar surface area (TPSA) is 30.5 Å². The van der Waals surface area contributed by atoms with Gasteiger partial charge in [-0.1, -0.05) is 49.6 Å². The lowest BCUT2D eigenvalue weighted by atomic mass is 9.81. The van der Waals surface area contributed by atoms with E-state index in [2.05, 4.69) is 35.6 Å². The Hall–Kier alpha value is -0.900. The van der Waals surface area contributed by atoms with Crippen LogP contribution < -0.4 is 5.32 Å². The molecule has 3 nitrogen and oxygen atoms in total. The monoisotopic (exact) mass is 289 g/mol. The van der Waals surface area contributed by atoms with Crippen molar-refractivity contribution in [3.63, 3.8) is 0 Å². The molecule has 1 saturated heterocycles. The molecule has 1 aliphatic carbocycles. The Morgan fingerprint density at radius 2 is 1.86 bits per heavy atom. The number of nitrogens with one attached hydrogen (secondary N) is 1. The largest absolute Gasteiger partial charge is 0.376 e. The highest BCUT2D eigenvalue weighted by molar-refractivity contribution is 5.20. The van der Waals surface area contributed by atoms with Crippen LogP contribution in [0.4, 0.5) is 0 Å². The van der Waals surface area contributed by atoms with Crippen LogP contribution in [0.25, 0.3) is 0 Å². The van der Waals surface area contributed by atoms with Crippen LogP contribution in [0.1, 0.15) is 43.7 Å². The third-order valence-corrected chi connectivity index (χ3v) is 4.73. The van der Waals surface area contributed by atoms with Crippen LogP contribution >= 0.6 is 0 Å². The van der Waals surface area contributed by atoms with E-state index in [9.17, 15) is 0 Å². The minimum absolute atomic E-state index is 0.202. The predicted octanol–water partition coefficient (Wildman–Crippen LogP) is 3.31. The van der Waals surface area contributed by atoms with Gasteiger partial charge in [0.15, 0.2) is 0 Å². The third-order valence-electron chi connectivity index (χ3n) is 4.73. The normalized spacial score (nSPS) is 25.6. The molecule has 1 N–H and O–H groups in total. The summed E-state index contributed by atoms with van der Waals surface area (Å²) in [6, 6.07) is 11.4. The SMILES string of the molecule is c1ccc(C(NCC2COCCO2)C2CCCCC2)cc1. The van der Waals surface area contributed by atoms with Crippen molar-refractivity contribution in [2.24, 2.45) is 5.92 Å². The second-order valence-electron chi connectivity index (χ2n) is 6.26. The molecule has 1 aromatic carbocycles. The zero-order valence-electron chi connectivity index (χ0n) is 12.8. The van der Waals surface area contributed by atoms with Crippen molar-refractivity contribution >= 4 is 0 Å². The summed E-state index contributed by atoms with van der Waals surface area (Å²) >= 11 is 0. The Morgan fingerprint density at radius 1 is 1.05 bits per heavy atom. The summed E-state index contributed by atoms with van der Waals surface area (Å²) < 4.78 is 11.3. The van der Waals surface area contributed by atoms with E-state index in [0.717, 1.165) is 32.3 Å². The first kappa shape index (κ1) is 15.0. The van der Waals surface area contributed by atoms with E-state index in [4.69, 9.17) is 9.47 Å². The van der Waals surface area contributed by atoms with Gasteiger partial charge in [0, 0.05) is 12.6 Å². The summed E-state index contributed by atoms with van der Waals surface area (Å²) in [5, 5.41) is 3.77. The number of benzene rings is 1. The highest BCUT2D eigenvalue weighted by Gasteiger charge is 2.26. The van der Waals surface area contributed by atoms with Gasteiger partial charge >= 0.3 is 0 Å². The first-order valence-corrected chi connectivity index (χ1v) is 8.41. The molecule has 0 aromatic heterocycles. The smallest absolute Gasteiger partial charge is 0.0933 e. The molecule has 0 bridgehead atoms. The van der Waals surface area contributed by atoms with Crippen molar-refractivity contribution in [1.29, 1.82) is 0 Å². The minimum Gasteiger partial charge on any atom is -0.376 e. The van der Waals surface area contributed by atoms with Gasteiger partial charge in [-0.2, -0.15) is 0 Å². The Kier molecular flexibility index (Phi) is 5.67. The van der Waals surface area contributed by atoms with E-state index in [1.165, 1.54) is 37.7 Å². The standard InChI is InChI=1S/C18H27NO2/c1-3-7-15(8-4-1)18(16-9-5-2-6-10-16)19-13-17-14-20-11-12-21-17/h1,3-4,7-8,16-19H,2,5-6,9-14H2. The molecule has 1 aliphatic heterocycles. The van der Waals surface area contributed by atoms with Crippen LogP contribution in [0, 0.1) is 5.92 Å². The minimum atomic E-state index is 0.202. The van der Waals surface area contributed by atoms with E-state index < -0.39 is 0 Å². The first-order valence-electron chi connectivity index (χ1n) is 8.41. The van der Waals surface area contributed by atoms with Gasteiger partial charge in [-0.05, 0) is 24.3 Å². The summed E-state index contributed by atoms with van der Waals surface area (Å²) in [6.07, 6.45) is 7.03. The van der Waals surface area contributed by atoms with E-state index in [1.807, 2.05) is 0 Å². The maximum absolute atomic E-state index is 5.76. The quantitative estimate of drug-likeness (QED) is 0.902. The highest BCUT2D eigenvalue weighted by Crippen LogP contribution is 2.34. The summed E-state index contributed by atoms with van der Waals surface area (Å²) in [5.41, 5.74) is 1.42. The van der Waals surface area contributed by atoms with Crippen LogP contribution in [0.15, 0.2) is 30.3 Å². The molecule has 2 aliphatic rings. The molecular formula is C18H27NO2. The van der Waals surface area contributed by atoms with Crippen molar-refractivity contribution < 1.29 is 9.47 Å². The second-order valence-corrected chi connectivity index (χ2v) is 6.26. The molecule has 2 unspecified atom stereocenters. The van der Waals surface area contributed by atoms with E-state index in [0.29, 0.717) is 6.04 Å². The summed E-state index contributed by atoms with van der Waals surface area (Å²) in [7, 11) is 0. The zero-order valence-corrected chi connectivity index (χ0v) is 12.8. The molecular weight excluding hydrogens is 262 g/mol. The highest BCUT2D eigenvalue weighted by atomic mass is 16.6. The molecule has 21 heavy (non-hydrogen) atoms. The number of rotatable bonds is 5. The van der Waals surface area contributed by atoms with Gasteiger partial charge in [0.2, 0.25) is 0 Å². The van der Waals surface area contributed by atoms with Gasteiger partial charge < -0.3 is 14.8 Å². The van der Waals surface area contributed by atoms with E-state index in [-0.39, 0.29) is 6.10 Å². The maximum Gasteiger partial charge on any atom is 0.0933 e. The van der Waals surface area contributed by atoms with Crippen molar-refractivity contribution in [2.45, 2.75) is 44.2 Å².